The van der Waals surface area contributed by atoms with Crippen LogP contribution in [0.3, 0.4) is 0 Å². The van der Waals surface area contributed by atoms with Gasteiger partial charge in [-0.15, -0.1) is 0 Å². The van der Waals surface area contributed by atoms with E-state index in [0.29, 0.717) is 27.6 Å². The summed E-state index contributed by atoms with van der Waals surface area (Å²) in [6, 6.07) is 9.84. The van der Waals surface area contributed by atoms with Gasteiger partial charge in [-0.1, -0.05) is 23.7 Å². The Bertz CT molecular complexity index is 765. The van der Waals surface area contributed by atoms with Gasteiger partial charge in [-0.05, 0) is 35.9 Å². The van der Waals surface area contributed by atoms with Gasteiger partial charge in [0.1, 0.15) is 0 Å². The smallest absolute Gasteiger partial charge is 0.232 e. The molecule has 0 spiro atoms. The number of rotatable bonds is 2. The Morgan fingerprint density at radius 1 is 1.29 bits per heavy atom. The van der Waals surface area contributed by atoms with Gasteiger partial charge in [0.05, 0.1) is 17.7 Å². The Labute approximate surface area is 126 Å². The van der Waals surface area contributed by atoms with Gasteiger partial charge in [-0.3, -0.25) is 4.79 Å². The Balaban J connectivity index is 1.98. The number of hydrogen-bond donors (Lipinski definition) is 1. The second-order valence-corrected chi connectivity index (χ2v) is 4.89. The van der Waals surface area contributed by atoms with Gasteiger partial charge < -0.3 is 14.6 Å². The Hall–Kier alpha value is -2.46. The third-order valence-corrected chi connectivity index (χ3v) is 3.45. The zero-order valence-electron chi connectivity index (χ0n) is 11.1. The summed E-state index contributed by atoms with van der Waals surface area (Å²) >= 11 is 6.01. The normalized spacial score (nSPS) is 15.0. The van der Waals surface area contributed by atoms with Crippen molar-refractivity contribution in [3.8, 4) is 17.2 Å². The summed E-state index contributed by atoms with van der Waals surface area (Å²) in [6.07, 6.45) is 1.55. The number of halogens is 1. The molecule has 0 saturated carbocycles. The van der Waals surface area contributed by atoms with E-state index in [0.717, 1.165) is 0 Å². The molecule has 0 fully saturated rings. The molecule has 0 aromatic heterocycles. The number of phenolic OH excluding ortho intramolecular Hbond substituents is 1. The lowest BCUT2D eigenvalue weighted by Crippen LogP contribution is -1.98. The highest BCUT2D eigenvalue weighted by Gasteiger charge is 2.29. The van der Waals surface area contributed by atoms with Crippen molar-refractivity contribution in [3.63, 3.8) is 0 Å². The number of carbonyl (C=O) groups is 1. The molecule has 21 heavy (non-hydrogen) atoms. The van der Waals surface area contributed by atoms with Crippen LogP contribution in [0.15, 0.2) is 42.2 Å². The summed E-state index contributed by atoms with van der Waals surface area (Å²) in [6.45, 7) is 0. The fourth-order valence-electron chi connectivity index (χ4n) is 2.12. The van der Waals surface area contributed by atoms with E-state index >= 15 is 0 Å². The van der Waals surface area contributed by atoms with Gasteiger partial charge in [0.2, 0.25) is 5.78 Å². The number of carbonyl (C=O) groups excluding carboxylic acids is 1. The van der Waals surface area contributed by atoms with Crippen molar-refractivity contribution in [1.29, 1.82) is 0 Å². The number of aromatic hydroxyl groups is 1. The second-order valence-electron chi connectivity index (χ2n) is 4.49. The largest absolute Gasteiger partial charge is 0.504 e. The third-order valence-electron chi connectivity index (χ3n) is 3.15. The van der Waals surface area contributed by atoms with Crippen molar-refractivity contribution in [2.75, 3.05) is 7.11 Å². The summed E-state index contributed by atoms with van der Waals surface area (Å²) in [5, 5.41) is 10.1. The quantitative estimate of drug-likeness (QED) is 0.860. The number of phenols is 1. The average Bonchev–Trinajstić information content (AvgIpc) is 2.78. The van der Waals surface area contributed by atoms with Crippen LogP contribution in [0, 0.1) is 0 Å². The molecule has 1 N–H and O–H groups in total. The number of Topliss-reactive ketones (excluding diaryl/α,β-unsaturated/α-hetero) is 1. The van der Waals surface area contributed by atoms with Crippen molar-refractivity contribution < 1.29 is 19.4 Å². The number of benzene rings is 2. The first kappa shape index (κ1) is 13.5. The van der Waals surface area contributed by atoms with Gasteiger partial charge in [-0.25, -0.2) is 0 Å². The molecule has 0 saturated heterocycles. The highest BCUT2D eigenvalue weighted by Crippen LogP contribution is 2.38. The van der Waals surface area contributed by atoms with Gasteiger partial charge >= 0.3 is 0 Å². The maximum atomic E-state index is 12.2. The van der Waals surface area contributed by atoms with Crippen LogP contribution in [0.1, 0.15) is 15.9 Å². The first-order chi connectivity index (χ1) is 10.1. The van der Waals surface area contributed by atoms with E-state index in [9.17, 15) is 9.90 Å². The van der Waals surface area contributed by atoms with Crippen LogP contribution in [0.4, 0.5) is 0 Å². The SMILES string of the molecule is COc1ccc(C=C2Oc3c(Cl)cccc3C2=O)cc1O. The molecule has 1 aliphatic heterocycles. The van der Waals surface area contributed by atoms with Crippen LogP contribution < -0.4 is 9.47 Å². The zero-order valence-corrected chi connectivity index (χ0v) is 11.8. The molecule has 0 bridgehead atoms. The van der Waals surface area contributed by atoms with Crippen LogP contribution in [-0.2, 0) is 0 Å². The fraction of sp³-hybridized carbons (Fsp3) is 0.0625. The molecule has 0 atom stereocenters. The fourth-order valence-corrected chi connectivity index (χ4v) is 2.34. The van der Waals surface area contributed by atoms with Gasteiger partial charge in [0.25, 0.3) is 0 Å². The van der Waals surface area contributed by atoms with Crippen molar-refractivity contribution in [3.05, 3.63) is 58.3 Å². The predicted octanol–water partition coefficient (Wildman–Crippen LogP) is 3.67. The number of fused-ring (bicyclic) bond motifs is 1. The van der Waals surface area contributed by atoms with Gasteiger partial charge in [0.15, 0.2) is 23.0 Å². The van der Waals surface area contributed by atoms with E-state index in [2.05, 4.69) is 0 Å². The number of ether oxygens (including phenoxy) is 2. The topological polar surface area (TPSA) is 55.8 Å². The molecule has 0 amide bonds. The molecule has 2 aromatic rings. The van der Waals surface area contributed by atoms with Crippen LogP contribution >= 0.6 is 11.6 Å². The molecular weight excluding hydrogens is 292 g/mol. The standard InChI is InChI=1S/C16H11ClO4/c1-20-13-6-5-9(7-12(13)18)8-14-15(19)10-3-2-4-11(17)16(10)21-14/h2-8,18H,1H3. The highest BCUT2D eigenvalue weighted by molar-refractivity contribution is 6.33. The molecule has 106 valence electrons. The number of hydrogen-bond acceptors (Lipinski definition) is 4. The average molecular weight is 303 g/mol. The van der Waals surface area contributed by atoms with Crippen LogP contribution in [-0.4, -0.2) is 18.0 Å². The van der Waals surface area contributed by atoms with Crippen LogP contribution in [0.25, 0.3) is 6.08 Å². The summed E-state index contributed by atoms with van der Waals surface area (Å²) in [5.41, 5.74) is 1.06. The van der Waals surface area contributed by atoms with E-state index in [4.69, 9.17) is 21.1 Å². The first-order valence-electron chi connectivity index (χ1n) is 6.20. The third kappa shape index (κ3) is 2.34. The Morgan fingerprint density at radius 3 is 2.76 bits per heavy atom. The van der Waals surface area contributed by atoms with E-state index in [-0.39, 0.29) is 17.3 Å². The number of allylic oxidation sites excluding steroid dienone is 1. The first-order valence-corrected chi connectivity index (χ1v) is 6.57. The molecule has 3 rings (SSSR count). The zero-order chi connectivity index (χ0) is 15.0. The summed E-state index contributed by atoms with van der Waals surface area (Å²) in [7, 11) is 1.47. The van der Waals surface area contributed by atoms with E-state index in [1.807, 2.05) is 0 Å². The summed E-state index contributed by atoms with van der Waals surface area (Å²) < 4.78 is 10.5. The maximum Gasteiger partial charge on any atom is 0.232 e. The van der Waals surface area contributed by atoms with Crippen LogP contribution in [0.2, 0.25) is 5.02 Å². The molecule has 0 unspecified atom stereocenters. The van der Waals surface area contributed by atoms with Crippen LogP contribution in [0.5, 0.6) is 17.2 Å². The Kier molecular flexibility index (Phi) is 3.31. The lowest BCUT2D eigenvalue weighted by atomic mass is 10.1. The Morgan fingerprint density at radius 2 is 2.10 bits per heavy atom. The van der Waals surface area contributed by atoms with E-state index in [1.54, 1.807) is 36.4 Å². The molecule has 4 nitrogen and oxygen atoms in total. The minimum atomic E-state index is -0.234. The maximum absolute atomic E-state index is 12.2. The van der Waals surface area contributed by atoms with Crippen molar-refractivity contribution in [2.45, 2.75) is 0 Å². The second kappa shape index (κ2) is 5.14. The number of para-hydroxylation sites is 1. The highest BCUT2D eigenvalue weighted by atomic mass is 35.5. The monoisotopic (exact) mass is 302 g/mol. The van der Waals surface area contributed by atoms with Crippen molar-refractivity contribution >= 4 is 23.5 Å². The molecule has 5 heteroatoms. The summed E-state index contributed by atoms with van der Waals surface area (Å²) in [4.78, 5) is 12.2. The molecule has 0 radical (unpaired) electrons. The predicted molar refractivity (Wildman–Crippen MR) is 79.0 cm³/mol. The molecule has 2 aromatic carbocycles. The number of ketones is 1. The van der Waals surface area contributed by atoms with Gasteiger partial charge in [-0.2, -0.15) is 0 Å². The minimum Gasteiger partial charge on any atom is -0.504 e. The molecular formula is C16H11ClO4. The molecule has 1 heterocycles. The van der Waals surface area contributed by atoms with E-state index < -0.39 is 0 Å². The number of methoxy groups -OCH3 is 1. The lowest BCUT2D eigenvalue weighted by molar-refractivity contribution is 0.101. The van der Waals surface area contributed by atoms with Crippen molar-refractivity contribution in [2.24, 2.45) is 0 Å². The van der Waals surface area contributed by atoms with Gasteiger partial charge in [0, 0.05) is 0 Å². The summed E-state index contributed by atoms with van der Waals surface area (Å²) in [5.74, 6) is 0.661. The van der Waals surface area contributed by atoms with E-state index in [1.165, 1.54) is 13.2 Å². The molecule has 0 aliphatic carbocycles. The minimum absolute atomic E-state index is 0.00663. The lowest BCUT2D eigenvalue weighted by Gasteiger charge is -2.04. The van der Waals surface area contributed by atoms with Crippen molar-refractivity contribution in [1.82, 2.24) is 0 Å². The molecule has 1 aliphatic rings.